The van der Waals surface area contributed by atoms with E-state index in [0.717, 1.165) is 0 Å². The molecule has 2 aromatic rings. The van der Waals surface area contributed by atoms with Crippen molar-refractivity contribution in [2.75, 3.05) is 10.6 Å². The first kappa shape index (κ1) is 18.6. The molecule has 7 nitrogen and oxygen atoms in total. The van der Waals surface area contributed by atoms with Crippen LogP contribution >= 0.6 is 11.3 Å². The number of dihydropyridines is 1. The lowest BCUT2D eigenvalue weighted by atomic mass is 10.1. The molecule has 3 rings (SSSR count). The van der Waals surface area contributed by atoms with Crippen LogP contribution in [-0.4, -0.2) is 28.9 Å². The van der Waals surface area contributed by atoms with Crippen LogP contribution in [0.5, 0.6) is 0 Å². The minimum atomic E-state index is -0.955. The van der Waals surface area contributed by atoms with E-state index in [1.54, 1.807) is 11.5 Å². The van der Waals surface area contributed by atoms with E-state index >= 15 is 0 Å². The molecule has 1 atom stereocenters. The Labute approximate surface area is 158 Å². The lowest BCUT2D eigenvalue weighted by molar-refractivity contribution is -0.128. The fourth-order valence-electron chi connectivity index (χ4n) is 2.30. The highest BCUT2D eigenvalue weighted by Crippen LogP contribution is 2.19. The van der Waals surface area contributed by atoms with Crippen molar-refractivity contribution in [1.82, 2.24) is 4.98 Å². The second-order valence-electron chi connectivity index (χ2n) is 5.67. The number of hydrogen-bond acceptors (Lipinski definition) is 5. The van der Waals surface area contributed by atoms with Crippen LogP contribution in [0.15, 0.2) is 46.8 Å². The van der Waals surface area contributed by atoms with Crippen LogP contribution in [0.4, 0.5) is 15.2 Å². The lowest BCUT2D eigenvalue weighted by Crippen LogP contribution is -2.28. The van der Waals surface area contributed by atoms with E-state index in [4.69, 9.17) is 0 Å². The van der Waals surface area contributed by atoms with Gasteiger partial charge in [0.15, 0.2) is 5.13 Å². The van der Waals surface area contributed by atoms with E-state index < -0.39 is 17.7 Å². The number of hydrogen-bond donors (Lipinski definition) is 2. The van der Waals surface area contributed by atoms with Crippen molar-refractivity contribution in [3.8, 4) is 0 Å². The topological polar surface area (TPSA) is 101 Å². The summed E-state index contributed by atoms with van der Waals surface area (Å²) in [6, 6.07) is 5.49. The molecule has 0 fully saturated rings. The number of halogens is 1. The highest BCUT2D eigenvalue weighted by atomic mass is 32.1. The number of nitrogens with one attached hydrogen (secondary N) is 2. The Morgan fingerprint density at radius 2 is 1.96 bits per heavy atom. The van der Waals surface area contributed by atoms with Crippen LogP contribution in [0.25, 0.3) is 0 Å². The Morgan fingerprint density at radius 1 is 1.19 bits per heavy atom. The molecule has 1 aliphatic heterocycles. The van der Waals surface area contributed by atoms with Gasteiger partial charge in [-0.25, -0.2) is 14.4 Å². The van der Waals surface area contributed by atoms with Crippen LogP contribution in [-0.2, 0) is 20.8 Å². The number of aliphatic imine (C=N–C) groups is 1. The van der Waals surface area contributed by atoms with Crippen LogP contribution < -0.4 is 10.6 Å². The molecule has 0 spiro atoms. The van der Waals surface area contributed by atoms with Crippen LogP contribution in [0.3, 0.4) is 0 Å². The molecule has 0 saturated carbocycles. The number of carbonyl (C=O) groups excluding carboxylic acids is 3. The zero-order valence-electron chi connectivity index (χ0n) is 14.0. The van der Waals surface area contributed by atoms with Crippen molar-refractivity contribution in [3.05, 3.63) is 53.3 Å². The Hall–Kier alpha value is -3.20. The molecule has 2 N–H and O–H groups in total. The quantitative estimate of drug-likeness (QED) is 0.745. The molecule has 0 aliphatic carbocycles. The van der Waals surface area contributed by atoms with Gasteiger partial charge in [-0.1, -0.05) is 6.08 Å². The molecule has 1 aromatic heterocycles. The smallest absolute Gasteiger partial charge is 0.262 e. The van der Waals surface area contributed by atoms with Crippen molar-refractivity contribution < 1.29 is 18.8 Å². The van der Waals surface area contributed by atoms with Crippen LogP contribution in [0, 0.1) is 11.7 Å². The molecule has 0 bridgehead atoms. The molecule has 0 saturated heterocycles. The van der Waals surface area contributed by atoms with Crippen molar-refractivity contribution in [3.63, 3.8) is 0 Å². The van der Waals surface area contributed by atoms with Gasteiger partial charge in [0, 0.05) is 23.7 Å². The number of anilines is 2. The maximum atomic E-state index is 12.8. The number of thiazole rings is 1. The van der Waals surface area contributed by atoms with Gasteiger partial charge in [-0.05, 0) is 36.8 Å². The summed E-state index contributed by atoms with van der Waals surface area (Å²) in [5.74, 6) is -2.57. The summed E-state index contributed by atoms with van der Waals surface area (Å²) in [5, 5.41) is 7.33. The molecule has 1 aromatic carbocycles. The molecule has 1 unspecified atom stereocenters. The summed E-state index contributed by atoms with van der Waals surface area (Å²) < 4.78 is 12.8. The third-order valence-electron chi connectivity index (χ3n) is 3.66. The third kappa shape index (κ3) is 5.14. The first-order valence-corrected chi connectivity index (χ1v) is 8.94. The number of rotatable bonds is 6. The fourth-order valence-corrected chi connectivity index (χ4v) is 3.05. The van der Waals surface area contributed by atoms with E-state index in [0.29, 0.717) is 22.9 Å². The van der Waals surface area contributed by atoms with E-state index in [1.165, 1.54) is 47.9 Å². The number of aromatic nitrogens is 1. The highest BCUT2D eigenvalue weighted by molar-refractivity contribution is 7.13. The predicted molar refractivity (Wildman–Crippen MR) is 100 cm³/mol. The first-order chi connectivity index (χ1) is 13.0. The van der Waals surface area contributed by atoms with Gasteiger partial charge in [-0.15, -0.1) is 11.3 Å². The van der Waals surface area contributed by atoms with Gasteiger partial charge < -0.3 is 10.6 Å². The minimum absolute atomic E-state index is 0.188. The summed E-state index contributed by atoms with van der Waals surface area (Å²) in [4.78, 5) is 43.4. The molecule has 138 valence electrons. The van der Waals surface area contributed by atoms with Gasteiger partial charge >= 0.3 is 0 Å². The molecule has 0 radical (unpaired) electrons. The van der Waals surface area contributed by atoms with Gasteiger partial charge in [0.05, 0.1) is 5.69 Å². The summed E-state index contributed by atoms with van der Waals surface area (Å²) in [5.41, 5.74) is 1.16. The lowest BCUT2D eigenvalue weighted by Gasteiger charge is -2.09. The molecule has 9 heteroatoms. The monoisotopic (exact) mass is 386 g/mol. The van der Waals surface area contributed by atoms with Gasteiger partial charge in [0.2, 0.25) is 11.8 Å². The molecule has 2 heterocycles. The zero-order valence-corrected chi connectivity index (χ0v) is 14.8. The maximum Gasteiger partial charge on any atom is 0.262 e. The third-order valence-corrected chi connectivity index (χ3v) is 4.46. The largest absolute Gasteiger partial charge is 0.326 e. The number of benzene rings is 1. The van der Waals surface area contributed by atoms with E-state index in [-0.39, 0.29) is 18.1 Å². The molecule has 1 aliphatic rings. The number of amides is 3. The second-order valence-corrected chi connectivity index (χ2v) is 6.53. The minimum Gasteiger partial charge on any atom is -0.326 e. The molecule has 27 heavy (non-hydrogen) atoms. The number of allylic oxidation sites excluding steroid dienone is 1. The van der Waals surface area contributed by atoms with Gasteiger partial charge in [0.25, 0.3) is 5.91 Å². The van der Waals surface area contributed by atoms with Crippen molar-refractivity contribution in [1.29, 1.82) is 0 Å². The fraction of sp³-hybridized carbons (Fsp3) is 0.167. The number of nitrogens with zero attached hydrogens (tertiary/aromatic N) is 2. The summed E-state index contributed by atoms with van der Waals surface area (Å²) in [6.07, 6.45) is 4.92. The van der Waals surface area contributed by atoms with Crippen LogP contribution in [0.1, 0.15) is 12.1 Å². The SMILES string of the molecule is O=C(CCc1csc(NC(=O)C2C=CC=NC2=O)n1)Nc1ccc(F)cc1. The van der Waals surface area contributed by atoms with Crippen molar-refractivity contribution in [2.45, 2.75) is 12.8 Å². The van der Waals surface area contributed by atoms with Crippen molar-refractivity contribution >= 4 is 46.1 Å². The Balaban J connectivity index is 1.49. The summed E-state index contributed by atoms with van der Waals surface area (Å²) in [7, 11) is 0. The van der Waals surface area contributed by atoms with E-state index in [2.05, 4.69) is 20.6 Å². The van der Waals surface area contributed by atoms with Gasteiger partial charge in [-0.3, -0.25) is 14.4 Å². The average molecular weight is 386 g/mol. The summed E-state index contributed by atoms with van der Waals surface area (Å²) >= 11 is 1.21. The number of aryl methyl sites for hydroxylation is 1. The standard InChI is InChI=1S/C18H15FN4O3S/c19-11-3-5-12(6-4-11)21-15(24)8-7-13-10-27-18(22-13)23-17(26)14-2-1-9-20-16(14)25/h1-6,9-10,14H,7-8H2,(H,21,24)(H,22,23,26). The normalized spacial score (nSPS) is 15.6. The van der Waals surface area contributed by atoms with Gasteiger partial charge in [-0.2, -0.15) is 0 Å². The van der Waals surface area contributed by atoms with E-state index in [1.807, 2.05) is 0 Å². The predicted octanol–water partition coefficient (Wildman–Crippen LogP) is 2.58. The molecular weight excluding hydrogens is 371 g/mol. The first-order valence-electron chi connectivity index (χ1n) is 8.06. The summed E-state index contributed by atoms with van der Waals surface area (Å²) in [6.45, 7) is 0. The molecular formula is C18H15FN4O3S. The second kappa shape index (κ2) is 8.45. The number of carbonyl (C=O) groups is 3. The maximum absolute atomic E-state index is 12.8. The van der Waals surface area contributed by atoms with Crippen LogP contribution in [0.2, 0.25) is 0 Å². The highest BCUT2D eigenvalue weighted by Gasteiger charge is 2.25. The Bertz CT molecular complexity index is 921. The average Bonchev–Trinajstić information content (AvgIpc) is 3.09. The van der Waals surface area contributed by atoms with E-state index in [9.17, 15) is 18.8 Å². The van der Waals surface area contributed by atoms with Gasteiger partial charge in [0.1, 0.15) is 11.7 Å². The Kier molecular flexibility index (Phi) is 5.82. The zero-order chi connectivity index (χ0) is 19.2. The van der Waals surface area contributed by atoms with Crippen molar-refractivity contribution in [2.24, 2.45) is 10.9 Å². The Morgan fingerprint density at radius 3 is 2.70 bits per heavy atom. The molecule has 3 amide bonds.